The number of carbonyl (C=O) groups is 2. The molecule has 0 unspecified atom stereocenters. The summed E-state index contributed by atoms with van der Waals surface area (Å²) < 4.78 is 10.3. The Morgan fingerprint density at radius 1 is 1.28 bits per heavy atom. The number of hydrogen-bond acceptors (Lipinski definition) is 4. The van der Waals surface area contributed by atoms with E-state index in [-0.39, 0.29) is 25.0 Å². The Labute approximate surface area is 154 Å². The van der Waals surface area contributed by atoms with Gasteiger partial charge in [-0.1, -0.05) is 38.3 Å². The Morgan fingerprint density at radius 2 is 2.04 bits per heavy atom. The highest BCUT2D eigenvalue weighted by molar-refractivity contribution is 6.30. The molecule has 2 rings (SSSR count). The number of amides is 1. The minimum Gasteiger partial charge on any atom is -0.496 e. The van der Waals surface area contributed by atoms with Gasteiger partial charge in [0.2, 0.25) is 0 Å². The molecule has 1 aliphatic carbocycles. The SMILES string of the molecule is COc1ccc(Cl)cc1CC(=O)OCC(=O)N[C@H]1CCC[C@H](C)[C@@H]1C. The van der Waals surface area contributed by atoms with Crippen LogP contribution in [0.15, 0.2) is 18.2 Å². The minimum absolute atomic E-state index is 0.00782. The normalized spacial score (nSPS) is 23.0. The minimum atomic E-state index is -0.485. The number of rotatable bonds is 6. The lowest BCUT2D eigenvalue weighted by atomic mass is 9.78. The van der Waals surface area contributed by atoms with Crippen LogP contribution < -0.4 is 10.1 Å². The van der Waals surface area contributed by atoms with Crippen molar-refractivity contribution in [2.75, 3.05) is 13.7 Å². The van der Waals surface area contributed by atoms with Crippen molar-refractivity contribution in [3.05, 3.63) is 28.8 Å². The molecule has 25 heavy (non-hydrogen) atoms. The number of esters is 1. The van der Waals surface area contributed by atoms with Gasteiger partial charge in [0.15, 0.2) is 6.61 Å². The third kappa shape index (κ3) is 5.63. The van der Waals surface area contributed by atoms with E-state index in [1.165, 1.54) is 13.5 Å². The summed E-state index contributed by atoms with van der Waals surface area (Å²) in [7, 11) is 1.53. The first kappa shape index (κ1) is 19.6. The second-order valence-electron chi connectivity index (χ2n) is 6.73. The fourth-order valence-corrected chi connectivity index (χ4v) is 3.47. The monoisotopic (exact) mass is 367 g/mol. The molecule has 0 aromatic heterocycles. The summed E-state index contributed by atoms with van der Waals surface area (Å²) in [5.74, 6) is 0.856. The van der Waals surface area contributed by atoms with Crippen molar-refractivity contribution in [1.29, 1.82) is 0 Å². The molecule has 6 heteroatoms. The highest BCUT2D eigenvalue weighted by Gasteiger charge is 2.28. The van der Waals surface area contributed by atoms with Crippen LogP contribution in [-0.2, 0) is 20.7 Å². The van der Waals surface area contributed by atoms with Gasteiger partial charge in [0.25, 0.3) is 5.91 Å². The van der Waals surface area contributed by atoms with Gasteiger partial charge in [-0.15, -0.1) is 0 Å². The van der Waals surface area contributed by atoms with Gasteiger partial charge in [-0.3, -0.25) is 9.59 Å². The third-order valence-corrected chi connectivity index (χ3v) is 5.23. The van der Waals surface area contributed by atoms with Crippen molar-refractivity contribution in [3.8, 4) is 5.75 Å². The Bertz CT molecular complexity index is 619. The second-order valence-corrected chi connectivity index (χ2v) is 7.17. The average molecular weight is 368 g/mol. The fraction of sp³-hybridized carbons (Fsp3) is 0.579. The van der Waals surface area contributed by atoms with Crippen molar-refractivity contribution in [2.24, 2.45) is 11.8 Å². The molecule has 0 radical (unpaired) electrons. The first-order valence-corrected chi connectivity index (χ1v) is 9.06. The van der Waals surface area contributed by atoms with Gasteiger partial charge in [-0.25, -0.2) is 0 Å². The van der Waals surface area contributed by atoms with Crippen LogP contribution in [0.1, 0.15) is 38.7 Å². The van der Waals surface area contributed by atoms with E-state index in [1.807, 2.05) is 0 Å². The van der Waals surface area contributed by atoms with Crippen LogP contribution in [0.4, 0.5) is 0 Å². The maximum Gasteiger partial charge on any atom is 0.310 e. The molecule has 1 fully saturated rings. The molecular weight excluding hydrogens is 342 g/mol. The van der Waals surface area contributed by atoms with E-state index >= 15 is 0 Å². The maximum absolute atomic E-state index is 12.1. The number of hydrogen-bond donors (Lipinski definition) is 1. The average Bonchev–Trinajstić information content (AvgIpc) is 2.57. The zero-order chi connectivity index (χ0) is 18.4. The zero-order valence-electron chi connectivity index (χ0n) is 15.0. The molecule has 138 valence electrons. The van der Waals surface area contributed by atoms with Gasteiger partial charge in [-0.2, -0.15) is 0 Å². The van der Waals surface area contributed by atoms with E-state index < -0.39 is 5.97 Å². The van der Waals surface area contributed by atoms with Gasteiger partial charge in [0.1, 0.15) is 5.75 Å². The van der Waals surface area contributed by atoms with Gasteiger partial charge < -0.3 is 14.8 Å². The van der Waals surface area contributed by atoms with E-state index in [2.05, 4.69) is 19.2 Å². The smallest absolute Gasteiger partial charge is 0.310 e. The highest BCUT2D eigenvalue weighted by atomic mass is 35.5. The van der Waals surface area contributed by atoms with Crippen LogP contribution in [0.2, 0.25) is 5.02 Å². The van der Waals surface area contributed by atoms with E-state index in [0.717, 1.165) is 12.8 Å². The van der Waals surface area contributed by atoms with E-state index in [4.69, 9.17) is 21.1 Å². The summed E-state index contributed by atoms with van der Waals surface area (Å²) in [6, 6.07) is 5.20. The summed E-state index contributed by atoms with van der Waals surface area (Å²) in [6.45, 7) is 4.10. The van der Waals surface area contributed by atoms with E-state index in [0.29, 0.717) is 28.2 Å². The lowest BCUT2D eigenvalue weighted by Gasteiger charge is -2.34. The topological polar surface area (TPSA) is 64.6 Å². The summed E-state index contributed by atoms with van der Waals surface area (Å²) in [6.07, 6.45) is 3.30. The highest BCUT2D eigenvalue weighted by Crippen LogP contribution is 2.29. The Balaban J connectivity index is 1.81. The van der Waals surface area contributed by atoms with E-state index in [1.54, 1.807) is 18.2 Å². The van der Waals surface area contributed by atoms with Crippen molar-refractivity contribution in [2.45, 2.75) is 45.6 Å². The number of ether oxygens (including phenoxy) is 2. The van der Waals surface area contributed by atoms with Gasteiger partial charge >= 0.3 is 5.97 Å². The van der Waals surface area contributed by atoms with Gasteiger partial charge in [0, 0.05) is 16.6 Å². The second kappa shape index (κ2) is 9.09. The fourth-order valence-electron chi connectivity index (χ4n) is 3.27. The molecular formula is C19H26ClNO4. The lowest BCUT2D eigenvalue weighted by molar-refractivity contribution is -0.148. The molecule has 3 atom stereocenters. The molecule has 1 saturated carbocycles. The van der Waals surface area contributed by atoms with Crippen LogP contribution in [0, 0.1) is 11.8 Å². The predicted molar refractivity (Wildman–Crippen MR) is 96.8 cm³/mol. The molecule has 1 aliphatic rings. The third-order valence-electron chi connectivity index (χ3n) is 4.99. The van der Waals surface area contributed by atoms with Crippen LogP contribution in [0.3, 0.4) is 0 Å². The molecule has 5 nitrogen and oxygen atoms in total. The summed E-state index contributed by atoms with van der Waals surface area (Å²) in [4.78, 5) is 24.1. The number of carbonyl (C=O) groups excluding carboxylic acids is 2. The molecule has 1 N–H and O–H groups in total. The van der Waals surface area contributed by atoms with Gasteiger partial charge in [-0.05, 0) is 36.5 Å². The van der Waals surface area contributed by atoms with Gasteiger partial charge in [0.05, 0.1) is 13.5 Å². The van der Waals surface area contributed by atoms with Crippen LogP contribution in [0.25, 0.3) is 0 Å². The Hall–Kier alpha value is -1.75. The van der Waals surface area contributed by atoms with Crippen molar-refractivity contribution >= 4 is 23.5 Å². The number of halogens is 1. The zero-order valence-corrected chi connectivity index (χ0v) is 15.8. The van der Waals surface area contributed by atoms with Crippen LogP contribution in [0.5, 0.6) is 5.75 Å². The van der Waals surface area contributed by atoms with E-state index in [9.17, 15) is 9.59 Å². The van der Waals surface area contributed by atoms with Crippen LogP contribution in [-0.4, -0.2) is 31.6 Å². The molecule has 0 saturated heterocycles. The molecule has 1 aromatic carbocycles. The summed E-state index contributed by atoms with van der Waals surface area (Å²) in [5.41, 5.74) is 0.634. The Kier molecular flexibility index (Phi) is 7.12. The summed E-state index contributed by atoms with van der Waals surface area (Å²) >= 11 is 5.95. The predicted octanol–water partition coefficient (Wildman–Crippen LogP) is 3.38. The molecule has 1 aromatic rings. The van der Waals surface area contributed by atoms with Crippen molar-refractivity contribution in [1.82, 2.24) is 5.32 Å². The maximum atomic E-state index is 12.1. The first-order valence-electron chi connectivity index (χ1n) is 8.68. The molecule has 0 spiro atoms. The lowest BCUT2D eigenvalue weighted by Crippen LogP contribution is -2.45. The molecule has 1 amide bonds. The van der Waals surface area contributed by atoms with Crippen molar-refractivity contribution < 1.29 is 19.1 Å². The Morgan fingerprint density at radius 3 is 2.76 bits per heavy atom. The molecule has 0 aliphatic heterocycles. The summed E-state index contributed by atoms with van der Waals surface area (Å²) in [5, 5.41) is 3.50. The molecule has 0 bridgehead atoms. The molecule has 0 heterocycles. The number of benzene rings is 1. The number of nitrogens with one attached hydrogen (secondary N) is 1. The first-order chi connectivity index (χ1) is 11.9. The standard InChI is InChI=1S/C19H26ClNO4/c1-12-5-4-6-16(13(12)2)21-18(22)11-25-19(23)10-14-9-15(20)7-8-17(14)24-3/h7-9,12-13,16H,4-6,10-11H2,1-3H3,(H,21,22)/t12-,13-,16-/m0/s1. The quantitative estimate of drug-likeness (QED) is 0.783. The number of methoxy groups -OCH3 is 1. The largest absolute Gasteiger partial charge is 0.496 e. The van der Waals surface area contributed by atoms with Crippen molar-refractivity contribution in [3.63, 3.8) is 0 Å². The van der Waals surface area contributed by atoms with Crippen LogP contribution >= 0.6 is 11.6 Å².